The molecule has 2 aliphatic carbocycles. The molecular weight excluding hydrogens is 417 g/mol. The standard InChI is InChI=1S/C26H36BNO5/c1-14-8-9-19-25(4,5)10-7-11-26(19,6)20-18-13-17(12-15(2)29)22(28-16(3)30)21(27(31)32)24(18)33-23(14)20/h13-14,19,31-32H,7-12H2,1-6H3,(H,28,30)/t14?,19-,26-/m1/s1. The number of carbonyl (C=O) groups is 2. The Balaban J connectivity index is 2.10. The number of rotatable bonds is 4. The molecule has 4 rings (SSSR count). The number of furan rings is 1. The van der Waals surface area contributed by atoms with E-state index in [9.17, 15) is 19.6 Å². The van der Waals surface area contributed by atoms with Crippen molar-refractivity contribution in [3.05, 3.63) is 23.0 Å². The average Bonchev–Trinajstić information content (AvgIpc) is 3.00. The Bertz CT molecular complexity index is 1120. The number of Topliss-reactive ketones (excluding diaryl/α,β-unsaturated/α-hetero) is 1. The van der Waals surface area contributed by atoms with E-state index in [0.717, 1.165) is 42.4 Å². The first-order valence-electron chi connectivity index (χ1n) is 12.1. The summed E-state index contributed by atoms with van der Waals surface area (Å²) in [5.41, 5.74) is 2.62. The maximum absolute atomic E-state index is 12.1. The Kier molecular flexibility index (Phi) is 6.03. The third kappa shape index (κ3) is 3.93. The molecule has 6 nitrogen and oxygen atoms in total. The topological polar surface area (TPSA) is 99.8 Å². The molecule has 1 amide bonds. The van der Waals surface area contributed by atoms with Crippen molar-refractivity contribution in [2.75, 3.05) is 5.32 Å². The predicted octanol–water partition coefficient (Wildman–Crippen LogP) is 4.18. The number of ketones is 1. The Morgan fingerprint density at radius 3 is 2.48 bits per heavy atom. The van der Waals surface area contributed by atoms with Crippen molar-refractivity contribution in [3.8, 4) is 0 Å². The molecule has 7 heteroatoms. The molecule has 2 aromatic rings. The molecule has 1 aromatic heterocycles. The van der Waals surface area contributed by atoms with Gasteiger partial charge in [0.05, 0.1) is 0 Å². The number of nitrogens with one attached hydrogen (secondary N) is 1. The quantitative estimate of drug-likeness (QED) is 0.603. The first-order valence-corrected chi connectivity index (χ1v) is 12.1. The highest BCUT2D eigenvalue weighted by molar-refractivity contribution is 6.64. The summed E-state index contributed by atoms with van der Waals surface area (Å²) in [4.78, 5) is 24.1. The Morgan fingerprint density at radius 2 is 1.88 bits per heavy atom. The van der Waals surface area contributed by atoms with Gasteiger partial charge in [-0.25, -0.2) is 0 Å². The van der Waals surface area contributed by atoms with E-state index in [1.165, 1.54) is 20.3 Å². The smallest absolute Gasteiger partial charge is 0.461 e. The molecule has 178 valence electrons. The van der Waals surface area contributed by atoms with Gasteiger partial charge in [-0.15, -0.1) is 0 Å². The molecule has 0 spiro atoms. The summed E-state index contributed by atoms with van der Waals surface area (Å²) in [5, 5.41) is 24.4. The maximum Gasteiger partial charge on any atom is 0.494 e. The van der Waals surface area contributed by atoms with E-state index in [0.29, 0.717) is 17.1 Å². The first-order chi connectivity index (χ1) is 15.4. The lowest BCUT2D eigenvalue weighted by atomic mass is 9.53. The van der Waals surface area contributed by atoms with Crippen molar-refractivity contribution in [1.82, 2.24) is 0 Å². The van der Waals surface area contributed by atoms with Gasteiger partial charge in [-0.2, -0.15) is 0 Å². The van der Waals surface area contributed by atoms with Crippen molar-refractivity contribution < 1.29 is 24.1 Å². The average molecular weight is 453 g/mol. The summed E-state index contributed by atoms with van der Waals surface area (Å²) in [6.45, 7) is 12.1. The number of hydrogen-bond donors (Lipinski definition) is 3. The van der Waals surface area contributed by atoms with E-state index in [1.54, 1.807) is 0 Å². The van der Waals surface area contributed by atoms with E-state index in [-0.39, 0.29) is 46.0 Å². The maximum atomic E-state index is 12.1. The molecule has 1 heterocycles. The van der Waals surface area contributed by atoms with Crippen LogP contribution in [-0.4, -0.2) is 28.9 Å². The van der Waals surface area contributed by atoms with E-state index >= 15 is 0 Å². The molecule has 1 saturated carbocycles. The van der Waals surface area contributed by atoms with E-state index in [2.05, 4.69) is 33.0 Å². The van der Waals surface area contributed by atoms with Gasteiger partial charge in [0.15, 0.2) is 0 Å². The first kappa shape index (κ1) is 24.0. The Morgan fingerprint density at radius 1 is 1.18 bits per heavy atom. The predicted molar refractivity (Wildman–Crippen MR) is 131 cm³/mol. The van der Waals surface area contributed by atoms with Crippen molar-refractivity contribution in [1.29, 1.82) is 0 Å². The van der Waals surface area contributed by atoms with Gasteiger partial charge < -0.3 is 19.8 Å². The van der Waals surface area contributed by atoms with Crippen LogP contribution in [-0.2, 0) is 21.4 Å². The second-order valence-corrected chi connectivity index (χ2v) is 11.3. The van der Waals surface area contributed by atoms with Gasteiger partial charge in [0.25, 0.3) is 0 Å². The summed E-state index contributed by atoms with van der Waals surface area (Å²) < 4.78 is 6.48. The fourth-order valence-corrected chi connectivity index (χ4v) is 6.93. The zero-order valence-electron chi connectivity index (χ0n) is 20.7. The molecule has 2 aliphatic rings. The highest BCUT2D eigenvalue weighted by Crippen LogP contribution is 2.59. The minimum absolute atomic E-state index is 0.0647. The van der Waals surface area contributed by atoms with Crippen LogP contribution in [0.15, 0.2) is 10.5 Å². The molecule has 0 saturated heterocycles. The van der Waals surface area contributed by atoms with Gasteiger partial charge in [-0.3, -0.25) is 9.59 Å². The van der Waals surface area contributed by atoms with Crippen LogP contribution in [0.4, 0.5) is 5.69 Å². The normalized spacial score (nSPS) is 26.3. The number of carbonyl (C=O) groups excluding carboxylic acids is 2. The van der Waals surface area contributed by atoms with Crippen LogP contribution in [0, 0.1) is 11.3 Å². The van der Waals surface area contributed by atoms with Gasteiger partial charge >= 0.3 is 7.12 Å². The number of anilines is 1. The van der Waals surface area contributed by atoms with Crippen LogP contribution in [0.1, 0.15) is 96.5 Å². The lowest BCUT2D eigenvalue weighted by molar-refractivity contribution is -0.116. The lowest BCUT2D eigenvalue weighted by Crippen LogP contribution is -2.44. The van der Waals surface area contributed by atoms with Crippen LogP contribution in [0.2, 0.25) is 0 Å². The highest BCUT2D eigenvalue weighted by Gasteiger charge is 2.51. The van der Waals surface area contributed by atoms with Crippen molar-refractivity contribution in [3.63, 3.8) is 0 Å². The molecule has 33 heavy (non-hydrogen) atoms. The van der Waals surface area contributed by atoms with Crippen LogP contribution in [0.3, 0.4) is 0 Å². The van der Waals surface area contributed by atoms with Crippen molar-refractivity contribution in [2.24, 2.45) is 11.3 Å². The summed E-state index contributed by atoms with van der Waals surface area (Å²) in [6, 6.07) is 1.94. The van der Waals surface area contributed by atoms with Gasteiger partial charge in [-0.1, -0.05) is 34.1 Å². The van der Waals surface area contributed by atoms with Gasteiger partial charge in [0.2, 0.25) is 5.91 Å². The fourth-order valence-electron chi connectivity index (χ4n) is 6.93. The summed E-state index contributed by atoms with van der Waals surface area (Å²) in [7, 11) is -1.85. The monoisotopic (exact) mass is 453 g/mol. The second-order valence-electron chi connectivity index (χ2n) is 11.3. The minimum atomic E-state index is -1.85. The fraction of sp³-hybridized carbons (Fsp3) is 0.615. The van der Waals surface area contributed by atoms with Crippen LogP contribution >= 0.6 is 0 Å². The molecule has 3 N–H and O–H groups in total. The highest BCUT2D eigenvalue weighted by atomic mass is 16.4. The summed E-state index contributed by atoms with van der Waals surface area (Å²) >= 11 is 0. The molecule has 3 atom stereocenters. The van der Waals surface area contributed by atoms with Crippen LogP contribution < -0.4 is 10.8 Å². The van der Waals surface area contributed by atoms with Gasteiger partial charge in [0, 0.05) is 41.4 Å². The molecule has 0 bridgehead atoms. The minimum Gasteiger partial charge on any atom is -0.461 e. The SMILES string of the molecule is CC(=O)Cc1cc2c3c(oc2c(B(O)O)c1NC(C)=O)C(C)CC[C@@H]1C(C)(C)CCC[C@@]31C. The zero-order valence-corrected chi connectivity index (χ0v) is 20.7. The summed E-state index contributed by atoms with van der Waals surface area (Å²) in [6.07, 6.45) is 5.58. The van der Waals surface area contributed by atoms with E-state index < -0.39 is 7.12 Å². The van der Waals surface area contributed by atoms with Gasteiger partial charge in [-0.05, 0) is 61.0 Å². The number of benzene rings is 1. The van der Waals surface area contributed by atoms with E-state index in [4.69, 9.17) is 4.42 Å². The Labute approximate surface area is 196 Å². The van der Waals surface area contributed by atoms with Crippen LogP contribution in [0.25, 0.3) is 11.0 Å². The van der Waals surface area contributed by atoms with Crippen LogP contribution in [0.5, 0.6) is 0 Å². The number of amides is 1. The molecule has 1 aromatic carbocycles. The third-order valence-electron chi connectivity index (χ3n) is 8.26. The van der Waals surface area contributed by atoms with E-state index in [1.807, 2.05) is 6.07 Å². The molecular formula is C26H36BNO5. The summed E-state index contributed by atoms with van der Waals surface area (Å²) in [5.74, 6) is 1.16. The molecule has 1 fully saturated rings. The molecule has 0 aliphatic heterocycles. The zero-order chi connectivity index (χ0) is 24.3. The number of fused-ring (bicyclic) bond motifs is 5. The number of hydrogen-bond acceptors (Lipinski definition) is 5. The lowest BCUT2D eigenvalue weighted by Gasteiger charge is -2.50. The Hall–Kier alpha value is -2.12. The van der Waals surface area contributed by atoms with Gasteiger partial charge in [0.1, 0.15) is 17.1 Å². The molecule has 1 unspecified atom stereocenters. The second kappa shape index (κ2) is 8.28. The third-order valence-corrected chi connectivity index (χ3v) is 8.26. The molecule has 0 radical (unpaired) electrons. The van der Waals surface area contributed by atoms with Crippen molar-refractivity contribution in [2.45, 2.75) is 91.4 Å². The largest absolute Gasteiger partial charge is 0.494 e. The van der Waals surface area contributed by atoms with Crippen molar-refractivity contribution >= 4 is 40.9 Å².